The number of amides is 1. The molecule has 3 radical (unpaired) electrons. The normalized spacial score (nSPS) is 19.2. The van der Waals surface area contributed by atoms with Gasteiger partial charge >= 0.3 is 12.4 Å². The lowest BCUT2D eigenvalue weighted by atomic mass is 9.95. The van der Waals surface area contributed by atoms with E-state index in [1.807, 2.05) is 4.90 Å². The van der Waals surface area contributed by atoms with Crippen molar-refractivity contribution < 1.29 is 35.9 Å². The highest BCUT2D eigenvalue weighted by atomic mass is 28.1. The number of alkyl halides is 6. The van der Waals surface area contributed by atoms with Crippen LogP contribution < -0.4 is 15.8 Å². The Balaban J connectivity index is 1.27. The van der Waals surface area contributed by atoms with Gasteiger partial charge in [0.1, 0.15) is 11.4 Å². The summed E-state index contributed by atoms with van der Waals surface area (Å²) in [6.07, 6.45) is -6.65. The molecular formula is C23H25F6N6O3Si. The fourth-order valence-corrected chi connectivity index (χ4v) is 4.97. The summed E-state index contributed by atoms with van der Waals surface area (Å²) >= 11 is 0. The predicted octanol–water partition coefficient (Wildman–Crippen LogP) is 2.57. The predicted molar refractivity (Wildman–Crippen MR) is 128 cm³/mol. The zero-order valence-corrected chi connectivity index (χ0v) is 21.7. The third-order valence-corrected chi connectivity index (χ3v) is 6.80. The molecule has 1 saturated heterocycles. The average molecular weight is 576 g/mol. The topological polar surface area (TPSA) is 103 Å². The number of ether oxygens (including phenoxy) is 1. The first-order valence-electron chi connectivity index (χ1n) is 12.0. The van der Waals surface area contributed by atoms with Gasteiger partial charge < -0.3 is 19.9 Å². The maximum absolute atomic E-state index is 13.3. The van der Waals surface area contributed by atoms with Gasteiger partial charge in [-0.25, -0.2) is 10.1 Å². The molecule has 2 aliphatic rings. The first kappa shape index (κ1) is 28.9. The molecule has 0 spiro atoms. The summed E-state index contributed by atoms with van der Waals surface area (Å²) in [5.41, 5.74) is -3.57. The van der Waals surface area contributed by atoms with E-state index in [0.717, 1.165) is 18.5 Å². The van der Waals surface area contributed by atoms with Gasteiger partial charge in [-0.2, -0.15) is 31.4 Å². The van der Waals surface area contributed by atoms with Crippen LogP contribution in [0.25, 0.3) is 0 Å². The number of aromatic nitrogens is 3. The minimum absolute atomic E-state index is 0.00414. The number of piperazine rings is 1. The minimum Gasteiger partial charge on any atom is -0.379 e. The molecule has 16 heteroatoms. The molecule has 2 aromatic rings. The second-order valence-electron chi connectivity index (χ2n) is 9.68. The summed E-state index contributed by atoms with van der Waals surface area (Å²) in [5, 5.41) is 6.50. The molecule has 4 heterocycles. The summed E-state index contributed by atoms with van der Waals surface area (Å²) in [4.78, 5) is 32.1. The number of hydrogen-bond donors (Lipinski definition) is 2. The van der Waals surface area contributed by atoms with Crippen LogP contribution in [0.4, 0.5) is 37.8 Å². The van der Waals surface area contributed by atoms with Gasteiger partial charge in [0.05, 0.1) is 47.3 Å². The number of H-pyrrole nitrogens is 1. The van der Waals surface area contributed by atoms with Crippen LogP contribution in [0.1, 0.15) is 36.5 Å². The fraction of sp³-hybridized carbons (Fsp3) is 0.565. The zero-order chi connectivity index (χ0) is 28.6. The lowest BCUT2D eigenvalue weighted by Crippen LogP contribution is -2.56. The van der Waals surface area contributed by atoms with Gasteiger partial charge in [0.2, 0.25) is 5.91 Å². The van der Waals surface area contributed by atoms with E-state index in [1.54, 1.807) is 10.00 Å². The SMILES string of the molecule is C[C@]([Si])(COCCC(=O)N1CCN2c3ncc(C(F)(F)F)cc3CC[C@H]2C1)Nc1cn[nH]c(=O)c1C(F)(F)F. The smallest absolute Gasteiger partial charge is 0.379 e. The largest absolute Gasteiger partial charge is 0.423 e. The molecule has 0 aromatic carbocycles. The highest BCUT2D eigenvalue weighted by Gasteiger charge is 2.39. The van der Waals surface area contributed by atoms with Gasteiger partial charge in [-0.3, -0.25) is 9.59 Å². The number of rotatable bonds is 7. The third kappa shape index (κ3) is 6.72. The van der Waals surface area contributed by atoms with E-state index in [-0.39, 0.29) is 31.6 Å². The Labute approximate surface area is 222 Å². The number of anilines is 2. The number of aromatic amines is 1. The lowest BCUT2D eigenvalue weighted by molar-refractivity contribution is -0.138. The van der Waals surface area contributed by atoms with Crippen LogP contribution >= 0.6 is 0 Å². The highest BCUT2D eigenvalue weighted by Crippen LogP contribution is 2.36. The molecule has 9 nitrogen and oxygen atoms in total. The number of fused-ring (bicyclic) bond motifs is 3. The van der Waals surface area contributed by atoms with Crippen molar-refractivity contribution in [1.82, 2.24) is 20.1 Å². The second kappa shape index (κ2) is 10.8. The summed E-state index contributed by atoms with van der Waals surface area (Å²) in [6.45, 7) is 2.55. The first-order chi connectivity index (χ1) is 18.2. The standard InChI is InChI=1S/C23H25F6N6O3Si/c1-21(39,32-16-10-31-33-20(37)18(16)23(27,28)29)12-38-7-4-17(36)34-5-6-35-15(11-34)3-2-13-8-14(22(24,25)26)9-30-19(13)35/h8-10,15H,2-7,11-12H2,1H3,(H2,32,33,37)/t15-,21-/m0/s1. The van der Waals surface area contributed by atoms with E-state index in [2.05, 4.69) is 25.6 Å². The van der Waals surface area contributed by atoms with Crippen LogP contribution in [0.15, 0.2) is 23.3 Å². The number of nitrogens with one attached hydrogen (secondary N) is 2. The van der Waals surface area contributed by atoms with E-state index in [1.165, 1.54) is 6.92 Å². The fourth-order valence-electron chi connectivity index (χ4n) is 4.73. The number of carbonyl (C=O) groups excluding carboxylic acids is 1. The number of aryl methyl sites for hydroxylation is 1. The van der Waals surface area contributed by atoms with Gasteiger partial charge in [-0.15, -0.1) is 0 Å². The van der Waals surface area contributed by atoms with Crippen LogP contribution in [0.3, 0.4) is 0 Å². The number of hydrogen-bond acceptors (Lipinski definition) is 7. The molecule has 0 bridgehead atoms. The van der Waals surface area contributed by atoms with Crippen LogP contribution in [-0.4, -0.2) is 80.3 Å². The molecule has 2 N–H and O–H groups in total. The summed E-state index contributed by atoms with van der Waals surface area (Å²) in [6, 6.07) is 1.07. The Hall–Kier alpha value is -3.14. The average Bonchev–Trinajstić information content (AvgIpc) is 2.84. The van der Waals surface area contributed by atoms with Gasteiger partial charge in [0.25, 0.3) is 5.56 Å². The summed E-state index contributed by atoms with van der Waals surface area (Å²) < 4.78 is 84.4. The van der Waals surface area contributed by atoms with E-state index in [9.17, 15) is 35.9 Å². The quantitative estimate of drug-likeness (QED) is 0.297. The van der Waals surface area contributed by atoms with Gasteiger partial charge in [0.15, 0.2) is 0 Å². The molecule has 39 heavy (non-hydrogen) atoms. The monoisotopic (exact) mass is 575 g/mol. The van der Waals surface area contributed by atoms with E-state index in [0.29, 0.717) is 43.9 Å². The molecule has 1 fully saturated rings. The number of halogens is 6. The van der Waals surface area contributed by atoms with Crippen molar-refractivity contribution in [3.63, 3.8) is 0 Å². The lowest BCUT2D eigenvalue weighted by Gasteiger charge is -2.45. The third-order valence-electron chi connectivity index (χ3n) is 6.53. The van der Waals surface area contributed by atoms with E-state index in [4.69, 9.17) is 4.74 Å². The number of carbonyl (C=O) groups is 1. The van der Waals surface area contributed by atoms with Crippen LogP contribution in [0, 0.1) is 0 Å². The van der Waals surface area contributed by atoms with Crippen LogP contribution in [-0.2, 0) is 28.3 Å². The molecule has 2 aliphatic heterocycles. The molecule has 1 amide bonds. The molecule has 0 aliphatic carbocycles. The van der Waals surface area contributed by atoms with Crippen molar-refractivity contribution in [2.75, 3.05) is 43.1 Å². The first-order valence-corrected chi connectivity index (χ1v) is 12.5. The van der Waals surface area contributed by atoms with Crippen molar-refractivity contribution in [2.24, 2.45) is 0 Å². The van der Waals surface area contributed by atoms with Crippen molar-refractivity contribution in [2.45, 2.75) is 49.7 Å². The Bertz CT molecular complexity index is 1270. The van der Waals surface area contributed by atoms with E-state index < -0.39 is 39.9 Å². The van der Waals surface area contributed by atoms with Gasteiger partial charge in [-0.05, 0) is 31.4 Å². The van der Waals surface area contributed by atoms with Gasteiger partial charge in [0, 0.05) is 37.0 Å². The molecule has 211 valence electrons. The molecule has 0 unspecified atom stereocenters. The minimum atomic E-state index is -4.90. The molecule has 2 atom stereocenters. The maximum Gasteiger partial charge on any atom is 0.423 e. The van der Waals surface area contributed by atoms with Crippen molar-refractivity contribution >= 4 is 27.7 Å². The van der Waals surface area contributed by atoms with Crippen molar-refractivity contribution in [3.8, 4) is 0 Å². The molecule has 0 saturated carbocycles. The van der Waals surface area contributed by atoms with Crippen LogP contribution in [0.5, 0.6) is 0 Å². The zero-order valence-electron chi connectivity index (χ0n) is 20.7. The summed E-state index contributed by atoms with van der Waals surface area (Å²) in [5.74, 6) is 0.338. The van der Waals surface area contributed by atoms with Gasteiger partial charge in [-0.1, -0.05) is 0 Å². The van der Waals surface area contributed by atoms with Crippen molar-refractivity contribution in [3.05, 3.63) is 45.5 Å². The molecule has 4 rings (SSSR count). The second-order valence-corrected chi connectivity index (χ2v) is 10.8. The Morgan fingerprint density at radius 2 is 1.95 bits per heavy atom. The maximum atomic E-state index is 13.3. The Morgan fingerprint density at radius 1 is 1.21 bits per heavy atom. The highest BCUT2D eigenvalue weighted by molar-refractivity contribution is 6.16. The van der Waals surface area contributed by atoms with Crippen LogP contribution in [0.2, 0.25) is 0 Å². The number of nitrogens with zero attached hydrogens (tertiary/aromatic N) is 4. The van der Waals surface area contributed by atoms with E-state index >= 15 is 0 Å². The summed E-state index contributed by atoms with van der Waals surface area (Å²) in [7, 11) is 3.30. The molecule has 2 aromatic heterocycles. The Morgan fingerprint density at radius 3 is 2.64 bits per heavy atom. The number of pyridine rings is 1. The molecular weight excluding hydrogens is 550 g/mol. The Kier molecular flexibility index (Phi) is 7.98. The van der Waals surface area contributed by atoms with Crippen molar-refractivity contribution in [1.29, 1.82) is 0 Å².